The fourth-order valence-corrected chi connectivity index (χ4v) is 3.13. The quantitative estimate of drug-likeness (QED) is 0.492. The second kappa shape index (κ2) is 9.00. The van der Waals surface area contributed by atoms with Gasteiger partial charge >= 0.3 is 0 Å². The summed E-state index contributed by atoms with van der Waals surface area (Å²) >= 11 is 11.5. The highest BCUT2D eigenvalue weighted by atomic mass is 35.5. The van der Waals surface area contributed by atoms with E-state index >= 15 is 0 Å². The Balaban J connectivity index is 1.70. The first-order valence-corrected chi connectivity index (χ1v) is 9.01. The Bertz CT molecular complexity index is 1070. The van der Waals surface area contributed by atoms with Crippen LogP contribution in [0, 0.1) is 5.82 Å². The molecule has 0 fully saturated rings. The molecule has 1 N–H and O–H groups in total. The van der Waals surface area contributed by atoms with Crippen molar-refractivity contribution in [1.29, 1.82) is 0 Å². The molecule has 0 unspecified atom stereocenters. The standard InChI is InChI=1S/C17H12Cl2F5N5O/c18-10-5-9(20)2-1-8(10)6-28-4-3-11(26-28)25-12(30)7-29-15(17(23)24)13(19)14(27-29)16(21)22/h1-5,16-17H,6-7H2,(H,25,26,30). The average Bonchev–Trinajstić information content (AvgIpc) is 3.21. The van der Waals surface area contributed by atoms with Crippen LogP contribution in [-0.4, -0.2) is 25.5 Å². The summed E-state index contributed by atoms with van der Waals surface area (Å²) in [4.78, 5) is 12.1. The van der Waals surface area contributed by atoms with Crippen LogP contribution in [0.4, 0.5) is 27.8 Å². The van der Waals surface area contributed by atoms with E-state index in [1.54, 1.807) is 0 Å². The van der Waals surface area contributed by atoms with Crippen molar-refractivity contribution in [3.8, 4) is 0 Å². The van der Waals surface area contributed by atoms with Crippen molar-refractivity contribution in [2.24, 2.45) is 0 Å². The molecule has 0 atom stereocenters. The topological polar surface area (TPSA) is 64.7 Å². The van der Waals surface area contributed by atoms with Gasteiger partial charge in [0.1, 0.15) is 23.7 Å². The average molecular weight is 468 g/mol. The number of hydrogen-bond donors (Lipinski definition) is 1. The molecular formula is C17H12Cl2F5N5O. The van der Waals surface area contributed by atoms with E-state index in [2.05, 4.69) is 15.5 Å². The summed E-state index contributed by atoms with van der Waals surface area (Å²) in [6.07, 6.45) is -4.88. The van der Waals surface area contributed by atoms with Gasteiger partial charge in [-0.25, -0.2) is 22.0 Å². The van der Waals surface area contributed by atoms with Gasteiger partial charge in [0.25, 0.3) is 12.9 Å². The Hall–Kier alpha value is -2.66. The van der Waals surface area contributed by atoms with Crippen LogP contribution in [0.2, 0.25) is 10.0 Å². The highest BCUT2D eigenvalue weighted by Crippen LogP contribution is 2.34. The third kappa shape index (κ3) is 4.90. The van der Waals surface area contributed by atoms with Crippen molar-refractivity contribution < 1.29 is 26.7 Å². The Labute approximate surface area is 176 Å². The molecule has 0 spiro atoms. The van der Waals surface area contributed by atoms with Gasteiger partial charge in [0, 0.05) is 17.3 Å². The molecule has 0 saturated carbocycles. The molecule has 0 saturated heterocycles. The third-order valence-electron chi connectivity index (χ3n) is 3.92. The number of carbonyl (C=O) groups excluding carboxylic acids is 1. The molecule has 0 aliphatic rings. The number of nitrogens with one attached hydrogen (secondary N) is 1. The molecule has 3 rings (SSSR count). The summed E-state index contributed by atoms with van der Waals surface area (Å²) < 4.78 is 66.9. The SMILES string of the molecule is O=C(Cn1nc(C(F)F)c(Cl)c1C(F)F)Nc1ccn(Cc2ccc(F)cc2Cl)n1. The number of alkyl halides is 4. The number of anilines is 1. The summed E-state index contributed by atoms with van der Waals surface area (Å²) in [5.41, 5.74) is -1.43. The Morgan fingerprint density at radius 3 is 2.47 bits per heavy atom. The zero-order valence-corrected chi connectivity index (χ0v) is 16.3. The second-order valence-corrected chi connectivity index (χ2v) is 6.81. The van der Waals surface area contributed by atoms with Gasteiger partial charge in [0.15, 0.2) is 5.82 Å². The smallest absolute Gasteiger partial charge is 0.283 e. The lowest BCUT2D eigenvalue weighted by Crippen LogP contribution is -2.21. The third-order valence-corrected chi connectivity index (χ3v) is 4.66. The van der Waals surface area contributed by atoms with Crippen molar-refractivity contribution in [2.75, 3.05) is 5.32 Å². The molecule has 1 amide bonds. The van der Waals surface area contributed by atoms with E-state index in [0.717, 1.165) is 6.07 Å². The zero-order chi connectivity index (χ0) is 22.0. The van der Waals surface area contributed by atoms with E-state index in [1.807, 2.05) is 0 Å². The summed E-state index contributed by atoms with van der Waals surface area (Å²) in [6.45, 7) is -0.597. The first-order valence-electron chi connectivity index (χ1n) is 8.25. The fourth-order valence-electron chi connectivity index (χ4n) is 2.60. The van der Waals surface area contributed by atoms with E-state index in [-0.39, 0.29) is 17.4 Å². The van der Waals surface area contributed by atoms with Crippen LogP contribution >= 0.6 is 23.2 Å². The van der Waals surface area contributed by atoms with Gasteiger partial charge in [-0.05, 0) is 17.7 Å². The summed E-state index contributed by atoms with van der Waals surface area (Å²) in [7, 11) is 0. The van der Waals surface area contributed by atoms with Gasteiger partial charge in [-0.15, -0.1) is 0 Å². The maximum Gasteiger partial charge on any atom is 0.283 e. The van der Waals surface area contributed by atoms with Gasteiger partial charge < -0.3 is 5.32 Å². The fraction of sp³-hybridized carbons (Fsp3) is 0.235. The van der Waals surface area contributed by atoms with Gasteiger partial charge in [-0.1, -0.05) is 29.3 Å². The highest BCUT2D eigenvalue weighted by molar-refractivity contribution is 6.32. The monoisotopic (exact) mass is 467 g/mol. The van der Waals surface area contributed by atoms with Crippen molar-refractivity contribution in [3.63, 3.8) is 0 Å². The molecular weight excluding hydrogens is 456 g/mol. The van der Waals surface area contributed by atoms with Gasteiger partial charge in [0.05, 0.1) is 11.6 Å². The lowest BCUT2D eigenvalue weighted by Gasteiger charge is -2.07. The highest BCUT2D eigenvalue weighted by Gasteiger charge is 2.28. The van der Waals surface area contributed by atoms with Crippen LogP contribution in [0.3, 0.4) is 0 Å². The number of halogens is 7. The molecule has 2 aromatic heterocycles. The van der Waals surface area contributed by atoms with Crippen molar-refractivity contribution in [2.45, 2.75) is 25.9 Å². The van der Waals surface area contributed by atoms with Crippen molar-refractivity contribution >= 4 is 34.9 Å². The number of aromatic nitrogens is 4. The van der Waals surface area contributed by atoms with Crippen LogP contribution in [0.1, 0.15) is 29.8 Å². The minimum Gasteiger partial charge on any atom is -0.308 e. The number of rotatable bonds is 7. The number of benzene rings is 1. The predicted octanol–water partition coefficient (Wildman–Crippen LogP) is 5.09. The predicted molar refractivity (Wildman–Crippen MR) is 98.5 cm³/mol. The first kappa shape index (κ1) is 22.0. The van der Waals surface area contributed by atoms with E-state index in [0.29, 0.717) is 10.2 Å². The van der Waals surface area contributed by atoms with Crippen molar-refractivity contribution in [1.82, 2.24) is 19.6 Å². The molecule has 0 aliphatic heterocycles. The van der Waals surface area contributed by atoms with Crippen LogP contribution in [0.15, 0.2) is 30.5 Å². The van der Waals surface area contributed by atoms with E-state index in [1.165, 1.54) is 29.1 Å². The first-order chi connectivity index (χ1) is 14.2. The molecule has 2 heterocycles. The molecule has 1 aromatic carbocycles. The maximum atomic E-state index is 13.1. The number of carbonyl (C=O) groups is 1. The lowest BCUT2D eigenvalue weighted by molar-refractivity contribution is -0.117. The van der Waals surface area contributed by atoms with Crippen molar-refractivity contribution in [3.05, 3.63) is 63.3 Å². The van der Waals surface area contributed by atoms with Gasteiger partial charge in [-0.3, -0.25) is 14.2 Å². The largest absolute Gasteiger partial charge is 0.308 e. The molecule has 6 nitrogen and oxygen atoms in total. The molecule has 0 radical (unpaired) electrons. The van der Waals surface area contributed by atoms with Crippen LogP contribution in [0.25, 0.3) is 0 Å². The van der Waals surface area contributed by atoms with E-state index in [9.17, 15) is 26.7 Å². The summed E-state index contributed by atoms with van der Waals surface area (Å²) in [6, 6.07) is 5.28. The lowest BCUT2D eigenvalue weighted by atomic mass is 10.2. The molecule has 0 aliphatic carbocycles. The molecule has 30 heavy (non-hydrogen) atoms. The van der Waals surface area contributed by atoms with Crippen LogP contribution in [0.5, 0.6) is 0 Å². The van der Waals surface area contributed by atoms with Crippen LogP contribution in [-0.2, 0) is 17.9 Å². The van der Waals surface area contributed by atoms with Gasteiger partial charge in [0.2, 0.25) is 5.91 Å². The van der Waals surface area contributed by atoms with E-state index < -0.39 is 47.5 Å². The molecule has 160 valence electrons. The summed E-state index contributed by atoms with van der Waals surface area (Å²) in [5, 5.41) is 9.04. The molecule has 3 aromatic rings. The zero-order valence-electron chi connectivity index (χ0n) is 14.8. The minimum absolute atomic E-state index is 0.0733. The number of hydrogen-bond acceptors (Lipinski definition) is 3. The van der Waals surface area contributed by atoms with Gasteiger partial charge in [-0.2, -0.15) is 10.2 Å². The minimum atomic E-state index is -3.20. The second-order valence-electron chi connectivity index (χ2n) is 6.03. The Kier molecular flexibility index (Phi) is 6.61. The number of amides is 1. The van der Waals surface area contributed by atoms with E-state index in [4.69, 9.17) is 23.2 Å². The van der Waals surface area contributed by atoms with Crippen LogP contribution < -0.4 is 5.32 Å². The molecule has 13 heteroatoms. The number of nitrogens with zero attached hydrogens (tertiary/aromatic N) is 4. The normalized spacial score (nSPS) is 11.5. The summed E-state index contributed by atoms with van der Waals surface area (Å²) in [5.74, 6) is -1.25. The molecule has 0 bridgehead atoms. The Morgan fingerprint density at radius 1 is 1.10 bits per heavy atom. The Morgan fingerprint density at radius 2 is 1.83 bits per heavy atom. The maximum absolute atomic E-state index is 13.1.